The summed E-state index contributed by atoms with van der Waals surface area (Å²) in [5.41, 5.74) is 2.84. The lowest BCUT2D eigenvalue weighted by molar-refractivity contribution is 0.00364. The van der Waals surface area contributed by atoms with Crippen LogP contribution in [-0.4, -0.2) is 53.7 Å². The van der Waals surface area contributed by atoms with Crippen LogP contribution in [0.25, 0.3) is 0 Å². The minimum absolute atomic E-state index is 0.0215. The van der Waals surface area contributed by atoms with Gasteiger partial charge in [-0.2, -0.15) is 0 Å². The number of rotatable bonds is 5. The van der Waals surface area contributed by atoms with Crippen LogP contribution in [0.5, 0.6) is 0 Å². The zero-order chi connectivity index (χ0) is 18.3. The number of hydrogen-bond donors (Lipinski definition) is 1. The lowest BCUT2D eigenvalue weighted by Gasteiger charge is -2.29. The van der Waals surface area contributed by atoms with Crippen LogP contribution in [-0.2, 0) is 4.74 Å². The molecule has 3 aliphatic rings. The summed E-state index contributed by atoms with van der Waals surface area (Å²) in [7, 11) is 0. The maximum Gasteiger partial charge on any atom is 0.253 e. The number of allylic oxidation sites excluding steroid dienone is 1. The molecule has 3 saturated heterocycles. The highest BCUT2D eigenvalue weighted by molar-refractivity contribution is 5.95. The summed E-state index contributed by atoms with van der Waals surface area (Å²) in [5, 5.41) is 3.15. The van der Waals surface area contributed by atoms with E-state index in [1.807, 2.05) is 19.1 Å². The molecule has 0 unspecified atom stereocenters. The Morgan fingerprint density at radius 3 is 3.12 bits per heavy atom. The molecule has 0 saturated carbocycles. The Morgan fingerprint density at radius 1 is 1.50 bits per heavy atom. The monoisotopic (exact) mass is 355 g/mol. The smallest absolute Gasteiger partial charge is 0.253 e. The van der Waals surface area contributed by atoms with Crippen molar-refractivity contribution in [1.82, 2.24) is 15.2 Å². The molecule has 5 heteroatoms. The van der Waals surface area contributed by atoms with Crippen LogP contribution >= 0.6 is 0 Å². The fourth-order valence-electron chi connectivity index (χ4n) is 5.04. The standard InChI is InChI=1S/C21H29N3O2/c1-14(2)7-10-24-12-18-17(19-6-8-21(18,13-24)26-19)11-23-20(25)16-5-4-9-22-15(16)3/h4-5,7,9,17-19H,6,8,10-13H2,1-3H3,(H,23,25)/t17-,18+,19+,21+/m0/s1. The first-order chi connectivity index (χ1) is 12.5. The number of nitrogens with one attached hydrogen (secondary N) is 1. The average molecular weight is 355 g/mol. The number of likely N-dealkylation sites (tertiary alicyclic amines) is 1. The molecule has 0 aromatic carbocycles. The molecule has 140 valence electrons. The third-order valence-corrected chi connectivity index (χ3v) is 6.36. The molecule has 26 heavy (non-hydrogen) atoms. The van der Waals surface area contributed by atoms with Gasteiger partial charge < -0.3 is 10.1 Å². The number of amides is 1. The number of fused-ring (bicyclic) bond motifs is 1. The largest absolute Gasteiger partial charge is 0.370 e. The second-order valence-electron chi connectivity index (χ2n) is 8.35. The lowest BCUT2D eigenvalue weighted by Crippen LogP contribution is -2.42. The van der Waals surface area contributed by atoms with E-state index in [4.69, 9.17) is 4.74 Å². The van der Waals surface area contributed by atoms with Gasteiger partial charge in [0.15, 0.2) is 0 Å². The van der Waals surface area contributed by atoms with Gasteiger partial charge >= 0.3 is 0 Å². The number of carbonyl (C=O) groups is 1. The molecular weight excluding hydrogens is 326 g/mol. The molecule has 1 aromatic rings. The molecule has 1 amide bonds. The molecule has 0 radical (unpaired) electrons. The van der Waals surface area contributed by atoms with Crippen LogP contribution in [0.1, 0.15) is 42.7 Å². The predicted octanol–water partition coefficient (Wildman–Crippen LogP) is 2.57. The van der Waals surface area contributed by atoms with Crippen LogP contribution in [0.15, 0.2) is 30.0 Å². The maximum atomic E-state index is 12.6. The Labute approximate surface area is 155 Å². The molecule has 4 rings (SSSR count). The van der Waals surface area contributed by atoms with Crippen molar-refractivity contribution in [2.24, 2.45) is 11.8 Å². The van der Waals surface area contributed by atoms with Crippen molar-refractivity contribution in [3.05, 3.63) is 41.2 Å². The van der Waals surface area contributed by atoms with Crippen molar-refractivity contribution in [2.45, 2.75) is 45.3 Å². The molecule has 5 nitrogen and oxygen atoms in total. The molecule has 1 N–H and O–H groups in total. The minimum atomic E-state index is -0.0215. The van der Waals surface area contributed by atoms with Crippen molar-refractivity contribution < 1.29 is 9.53 Å². The van der Waals surface area contributed by atoms with Gasteiger partial charge in [-0.1, -0.05) is 11.6 Å². The Morgan fingerprint density at radius 2 is 2.35 bits per heavy atom. The van der Waals surface area contributed by atoms with E-state index in [-0.39, 0.29) is 11.5 Å². The third-order valence-electron chi connectivity index (χ3n) is 6.36. The molecule has 4 atom stereocenters. The molecule has 1 aromatic heterocycles. The summed E-state index contributed by atoms with van der Waals surface area (Å²) in [6, 6.07) is 3.66. The first-order valence-corrected chi connectivity index (χ1v) is 9.72. The van der Waals surface area contributed by atoms with Crippen molar-refractivity contribution in [3.63, 3.8) is 0 Å². The molecule has 2 bridgehead atoms. The van der Waals surface area contributed by atoms with E-state index in [2.05, 4.69) is 35.1 Å². The first kappa shape index (κ1) is 17.7. The summed E-state index contributed by atoms with van der Waals surface area (Å²) >= 11 is 0. The molecule has 3 aliphatic heterocycles. The highest BCUT2D eigenvalue weighted by Gasteiger charge is 2.62. The number of pyridine rings is 1. The summed E-state index contributed by atoms with van der Waals surface area (Å²) in [6.45, 7) is 9.98. The second-order valence-corrected chi connectivity index (χ2v) is 8.35. The summed E-state index contributed by atoms with van der Waals surface area (Å²) < 4.78 is 6.47. The van der Waals surface area contributed by atoms with Crippen LogP contribution in [0.2, 0.25) is 0 Å². The van der Waals surface area contributed by atoms with E-state index in [0.717, 1.165) is 31.7 Å². The van der Waals surface area contributed by atoms with Crippen LogP contribution in [0.4, 0.5) is 0 Å². The minimum Gasteiger partial charge on any atom is -0.370 e. The molecule has 4 heterocycles. The van der Waals surface area contributed by atoms with Gasteiger partial charge in [0.2, 0.25) is 0 Å². The summed E-state index contributed by atoms with van der Waals surface area (Å²) in [4.78, 5) is 19.3. The predicted molar refractivity (Wildman–Crippen MR) is 101 cm³/mol. The van der Waals surface area contributed by atoms with Gasteiger partial charge in [0, 0.05) is 49.9 Å². The fourth-order valence-corrected chi connectivity index (χ4v) is 5.04. The van der Waals surface area contributed by atoms with Gasteiger partial charge in [-0.25, -0.2) is 0 Å². The van der Waals surface area contributed by atoms with Crippen molar-refractivity contribution in [2.75, 3.05) is 26.2 Å². The average Bonchev–Trinajstić information content (AvgIpc) is 3.26. The van der Waals surface area contributed by atoms with E-state index in [9.17, 15) is 4.79 Å². The quantitative estimate of drug-likeness (QED) is 0.825. The van der Waals surface area contributed by atoms with Crippen molar-refractivity contribution in [1.29, 1.82) is 0 Å². The second kappa shape index (κ2) is 6.78. The number of ether oxygens (including phenoxy) is 1. The van der Waals surface area contributed by atoms with Crippen LogP contribution < -0.4 is 5.32 Å². The lowest BCUT2D eigenvalue weighted by atomic mass is 9.73. The van der Waals surface area contributed by atoms with Gasteiger partial charge in [0.1, 0.15) is 0 Å². The van der Waals surface area contributed by atoms with Crippen molar-refractivity contribution in [3.8, 4) is 0 Å². The molecule has 3 fully saturated rings. The van der Waals surface area contributed by atoms with Crippen LogP contribution in [0, 0.1) is 18.8 Å². The molecular formula is C21H29N3O2. The topological polar surface area (TPSA) is 54.5 Å². The van der Waals surface area contributed by atoms with Crippen LogP contribution in [0.3, 0.4) is 0 Å². The molecule has 1 spiro atoms. The van der Waals surface area contributed by atoms with Gasteiger partial charge in [-0.15, -0.1) is 0 Å². The fraction of sp³-hybridized carbons (Fsp3) is 0.619. The number of aryl methyl sites for hydroxylation is 1. The SMILES string of the molecule is CC(C)=CCN1C[C@@H]2[C@H](CNC(=O)c3cccnc3C)[C@H]3CC[C@]2(C1)O3. The van der Waals surface area contributed by atoms with E-state index >= 15 is 0 Å². The Bertz CT molecular complexity index is 728. The Kier molecular flexibility index (Phi) is 4.61. The highest BCUT2D eigenvalue weighted by atomic mass is 16.5. The van der Waals surface area contributed by atoms with Gasteiger partial charge in [-0.3, -0.25) is 14.7 Å². The van der Waals surface area contributed by atoms with E-state index in [1.165, 1.54) is 12.0 Å². The van der Waals surface area contributed by atoms with E-state index in [0.29, 0.717) is 30.0 Å². The zero-order valence-corrected chi connectivity index (χ0v) is 16.0. The molecule has 0 aliphatic carbocycles. The van der Waals surface area contributed by atoms with Gasteiger partial charge in [0.25, 0.3) is 5.91 Å². The Balaban J connectivity index is 1.41. The highest BCUT2D eigenvalue weighted by Crippen LogP contribution is 2.54. The number of carbonyl (C=O) groups excluding carboxylic acids is 1. The maximum absolute atomic E-state index is 12.6. The normalized spacial score (nSPS) is 32.5. The van der Waals surface area contributed by atoms with Gasteiger partial charge in [-0.05, 0) is 45.7 Å². The van der Waals surface area contributed by atoms with E-state index < -0.39 is 0 Å². The number of hydrogen-bond acceptors (Lipinski definition) is 4. The number of nitrogens with zero attached hydrogens (tertiary/aromatic N) is 2. The van der Waals surface area contributed by atoms with E-state index in [1.54, 1.807) is 6.20 Å². The number of aromatic nitrogens is 1. The Hall–Kier alpha value is -1.72. The van der Waals surface area contributed by atoms with Gasteiger partial charge in [0.05, 0.1) is 17.3 Å². The first-order valence-electron chi connectivity index (χ1n) is 9.72. The third kappa shape index (κ3) is 3.08. The summed E-state index contributed by atoms with van der Waals surface area (Å²) in [5.74, 6) is 0.926. The van der Waals surface area contributed by atoms with Crippen molar-refractivity contribution >= 4 is 5.91 Å². The zero-order valence-electron chi connectivity index (χ0n) is 16.0. The summed E-state index contributed by atoms with van der Waals surface area (Å²) in [6.07, 6.45) is 6.62.